The van der Waals surface area contributed by atoms with Gasteiger partial charge in [-0.15, -0.1) is 0 Å². The van der Waals surface area contributed by atoms with Gasteiger partial charge in [0.25, 0.3) is 0 Å². The average molecular weight is 302 g/mol. The van der Waals surface area contributed by atoms with Crippen molar-refractivity contribution in [3.05, 3.63) is 24.2 Å². The second-order valence-electron chi connectivity index (χ2n) is 6.75. The Kier molecular flexibility index (Phi) is 3.49. The monoisotopic (exact) mass is 302 g/mol. The highest BCUT2D eigenvalue weighted by Gasteiger charge is 2.52. The maximum Gasteiger partial charge on any atom is 0.496 e. The van der Waals surface area contributed by atoms with E-state index in [2.05, 4.69) is 39.6 Å². The van der Waals surface area contributed by atoms with Crippen LogP contribution in [0.5, 0.6) is 5.75 Å². The summed E-state index contributed by atoms with van der Waals surface area (Å²) in [6.45, 7) is 10.3. The molecular formula is C16H23BN2O3. The molecule has 0 unspecified atom stereocenters. The summed E-state index contributed by atoms with van der Waals surface area (Å²) in [4.78, 5) is 4.58. The van der Waals surface area contributed by atoms with E-state index in [-0.39, 0.29) is 11.2 Å². The molecule has 0 aromatic carbocycles. The SMILES string of the molecule is CCc1cn2cc(B3OC(C)(C)C(C)(C)O3)cc(OC)c2n1. The van der Waals surface area contributed by atoms with Crippen LogP contribution in [0.2, 0.25) is 0 Å². The predicted octanol–water partition coefficient (Wildman–Crippen LogP) is 2.20. The molecule has 22 heavy (non-hydrogen) atoms. The third-order valence-electron chi connectivity index (χ3n) is 4.70. The molecule has 0 N–H and O–H groups in total. The Morgan fingerprint density at radius 2 is 1.82 bits per heavy atom. The topological polar surface area (TPSA) is 45.0 Å². The number of rotatable bonds is 3. The van der Waals surface area contributed by atoms with E-state index in [0.717, 1.165) is 29.0 Å². The van der Waals surface area contributed by atoms with Crippen molar-refractivity contribution in [1.29, 1.82) is 0 Å². The van der Waals surface area contributed by atoms with Crippen LogP contribution in [-0.2, 0) is 15.7 Å². The minimum atomic E-state index is -0.407. The summed E-state index contributed by atoms with van der Waals surface area (Å²) in [5, 5.41) is 0. The summed E-state index contributed by atoms with van der Waals surface area (Å²) >= 11 is 0. The predicted molar refractivity (Wildman–Crippen MR) is 86.8 cm³/mol. The second-order valence-corrected chi connectivity index (χ2v) is 6.75. The molecule has 0 bridgehead atoms. The summed E-state index contributed by atoms with van der Waals surface area (Å²) in [5.74, 6) is 0.729. The molecule has 0 saturated carbocycles. The van der Waals surface area contributed by atoms with Crippen molar-refractivity contribution < 1.29 is 14.0 Å². The normalized spacial score (nSPS) is 19.8. The minimum Gasteiger partial charge on any atom is -0.493 e. The molecular weight excluding hydrogens is 279 g/mol. The molecule has 1 fully saturated rings. The maximum atomic E-state index is 6.12. The number of pyridine rings is 1. The van der Waals surface area contributed by atoms with E-state index in [1.807, 2.05) is 22.9 Å². The number of imidazole rings is 1. The number of methoxy groups -OCH3 is 1. The van der Waals surface area contributed by atoms with E-state index >= 15 is 0 Å². The molecule has 5 nitrogen and oxygen atoms in total. The summed E-state index contributed by atoms with van der Waals surface area (Å²) < 4.78 is 19.7. The maximum absolute atomic E-state index is 6.12. The lowest BCUT2D eigenvalue weighted by atomic mass is 9.80. The molecule has 0 spiro atoms. The van der Waals surface area contributed by atoms with Crippen molar-refractivity contribution in [3.63, 3.8) is 0 Å². The van der Waals surface area contributed by atoms with Gasteiger partial charge in [0.15, 0.2) is 11.4 Å². The number of aromatic nitrogens is 2. The van der Waals surface area contributed by atoms with Gasteiger partial charge in [0.1, 0.15) is 0 Å². The third-order valence-corrected chi connectivity index (χ3v) is 4.70. The van der Waals surface area contributed by atoms with Crippen molar-refractivity contribution in [2.24, 2.45) is 0 Å². The van der Waals surface area contributed by atoms with E-state index in [1.165, 1.54) is 0 Å². The van der Waals surface area contributed by atoms with Crippen molar-refractivity contribution in [2.75, 3.05) is 7.11 Å². The van der Waals surface area contributed by atoms with Gasteiger partial charge >= 0.3 is 7.12 Å². The van der Waals surface area contributed by atoms with Gasteiger partial charge in [-0.3, -0.25) is 0 Å². The molecule has 3 rings (SSSR count). The van der Waals surface area contributed by atoms with Crippen LogP contribution in [0, 0.1) is 0 Å². The average Bonchev–Trinajstić information content (AvgIpc) is 2.96. The van der Waals surface area contributed by atoms with Crippen LogP contribution >= 0.6 is 0 Å². The Bertz CT molecular complexity index is 693. The number of aryl methyl sites for hydroxylation is 1. The molecule has 2 aromatic heterocycles. The van der Waals surface area contributed by atoms with E-state index in [0.29, 0.717) is 0 Å². The highest BCUT2D eigenvalue weighted by molar-refractivity contribution is 6.62. The van der Waals surface area contributed by atoms with Crippen molar-refractivity contribution in [3.8, 4) is 5.75 Å². The molecule has 1 aliphatic rings. The lowest BCUT2D eigenvalue weighted by Gasteiger charge is -2.32. The molecule has 0 radical (unpaired) electrons. The Morgan fingerprint density at radius 3 is 2.36 bits per heavy atom. The van der Waals surface area contributed by atoms with Crippen molar-refractivity contribution in [2.45, 2.75) is 52.2 Å². The standard InChI is InChI=1S/C16H23BN2O3/c1-7-12-10-19-9-11(8-13(20-6)14(19)18-12)17-21-15(2,3)16(4,5)22-17/h8-10H,7H2,1-6H3. The van der Waals surface area contributed by atoms with E-state index in [4.69, 9.17) is 14.0 Å². The molecule has 1 aliphatic heterocycles. The van der Waals surface area contributed by atoms with Crippen LogP contribution in [-0.4, -0.2) is 34.8 Å². The van der Waals surface area contributed by atoms with Crippen LogP contribution in [0.15, 0.2) is 18.5 Å². The Morgan fingerprint density at radius 1 is 1.18 bits per heavy atom. The van der Waals surface area contributed by atoms with Crippen LogP contribution < -0.4 is 10.2 Å². The fourth-order valence-corrected chi connectivity index (χ4v) is 2.57. The van der Waals surface area contributed by atoms with Crippen LogP contribution in [0.3, 0.4) is 0 Å². The first-order valence-corrected chi connectivity index (χ1v) is 7.68. The van der Waals surface area contributed by atoms with Gasteiger partial charge in [-0.1, -0.05) is 6.92 Å². The van der Waals surface area contributed by atoms with Gasteiger partial charge in [0, 0.05) is 17.9 Å². The molecule has 1 saturated heterocycles. The second kappa shape index (κ2) is 5.00. The first kappa shape index (κ1) is 15.4. The quantitative estimate of drug-likeness (QED) is 0.816. The molecule has 118 valence electrons. The zero-order valence-corrected chi connectivity index (χ0v) is 14.1. The molecule has 0 amide bonds. The van der Waals surface area contributed by atoms with E-state index in [1.54, 1.807) is 7.11 Å². The van der Waals surface area contributed by atoms with Gasteiger partial charge in [0.2, 0.25) is 0 Å². The summed E-state index contributed by atoms with van der Waals surface area (Å²) in [7, 11) is 1.25. The molecule has 2 aromatic rings. The highest BCUT2D eigenvalue weighted by Crippen LogP contribution is 2.36. The van der Waals surface area contributed by atoms with Gasteiger partial charge in [-0.2, -0.15) is 0 Å². The van der Waals surface area contributed by atoms with Gasteiger partial charge in [-0.25, -0.2) is 4.98 Å². The first-order chi connectivity index (χ1) is 10.3. The lowest BCUT2D eigenvalue weighted by Crippen LogP contribution is -2.41. The lowest BCUT2D eigenvalue weighted by molar-refractivity contribution is 0.00578. The van der Waals surface area contributed by atoms with Crippen molar-refractivity contribution >= 4 is 18.2 Å². The number of nitrogens with zero attached hydrogens (tertiary/aromatic N) is 2. The zero-order chi connectivity index (χ0) is 16.1. The summed E-state index contributed by atoms with van der Waals surface area (Å²) in [6.07, 6.45) is 4.91. The molecule has 6 heteroatoms. The first-order valence-electron chi connectivity index (χ1n) is 7.68. The van der Waals surface area contributed by atoms with Gasteiger partial charge < -0.3 is 18.4 Å². The number of hydrogen-bond acceptors (Lipinski definition) is 4. The van der Waals surface area contributed by atoms with E-state index in [9.17, 15) is 0 Å². The van der Waals surface area contributed by atoms with Crippen molar-refractivity contribution in [1.82, 2.24) is 9.38 Å². The number of fused-ring (bicyclic) bond motifs is 1. The van der Waals surface area contributed by atoms with Gasteiger partial charge in [0.05, 0.1) is 24.0 Å². The Hall–Kier alpha value is -1.53. The van der Waals surface area contributed by atoms with E-state index < -0.39 is 7.12 Å². The van der Waals surface area contributed by atoms with Crippen LogP contribution in [0.1, 0.15) is 40.3 Å². The molecule has 3 heterocycles. The summed E-state index contributed by atoms with van der Waals surface area (Å²) in [5.41, 5.74) is 2.07. The summed E-state index contributed by atoms with van der Waals surface area (Å²) in [6, 6.07) is 1.95. The van der Waals surface area contributed by atoms with Crippen LogP contribution in [0.4, 0.5) is 0 Å². The number of ether oxygens (including phenoxy) is 1. The van der Waals surface area contributed by atoms with Crippen LogP contribution in [0.25, 0.3) is 5.65 Å². The smallest absolute Gasteiger partial charge is 0.493 e. The third kappa shape index (κ3) is 2.30. The molecule has 0 atom stereocenters. The van der Waals surface area contributed by atoms with Gasteiger partial charge in [-0.05, 0) is 40.2 Å². The minimum absolute atomic E-state index is 0.358. The Balaban J connectivity index is 2.05. The highest BCUT2D eigenvalue weighted by atomic mass is 16.7. The Labute approximate surface area is 131 Å². The number of hydrogen-bond donors (Lipinski definition) is 0. The fraction of sp³-hybridized carbons (Fsp3) is 0.562. The zero-order valence-electron chi connectivity index (χ0n) is 14.1. The fourth-order valence-electron chi connectivity index (χ4n) is 2.57. The largest absolute Gasteiger partial charge is 0.496 e. The molecule has 0 aliphatic carbocycles.